The second-order valence-corrected chi connectivity index (χ2v) is 7.04. The third-order valence-electron chi connectivity index (χ3n) is 4.79. The topological polar surface area (TPSA) is 41.5 Å². The number of hydrogen-bond donors (Lipinski definition) is 2. The van der Waals surface area contributed by atoms with E-state index in [-0.39, 0.29) is 17.7 Å². The van der Waals surface area contributed by atoms with Crippen molar-refractivity contribution in [2.45, 2.75) is 76.5 Å². The quantitative estimate of drug-likeness (QED) is 0.811. The highest BCUT2D eigenvalue weighted by atomic mass is 16.5. The van der Waals surface area contributed by atoms with Gasteiger partial charge in [0.25, 0.3) is 0 Å². The Bertz CT molecular complexity index is 270. The Labute approximate surface area is 111 Å². The third kappa shape index (κ3) is 3.46. The van der Waals surface area contributed by atoms with Crippen molar-refractivity contribution in [2.24, 2.45) is 5.92 Å². The molecular formula is C15H29NO2. The predicted octanol–water partition coefficient (Wildman–Crippen LogP) is 2.47. The zero-order chi connectivity index (χ0) is 13.2. The maximum absolute atomic E-state index is 9.70. The zero-order valence-electron chi connectivity index (χ0n) is 12.2. The van der Waals surface area contributed by atoms with E-state index in [2.05, 4.69) is 26.1 Å². The maximum atomic E-state index is 9.70. The minimum absolute atomic E-state index is 0.0391. The summed E-state index contributed by atoms with van der Waals surface area (Å²) in [5, 5.41) is 13.3. The van der Waals surface area contributed by atoms with Crippen molar-refractivity contribution >= 4 is 0 Å². The summed E-state index contributed by atoms with van der Waals surface area (Å²) in [6.07, 6.45) is 7.25. The molecule has 1 atom stereocenters. The van der Waals surface area contributed by atoms with Crippen LogP contribution in [0.15, 0.2) is 0 Å². The third-order valence-corrected chi connectivity index (χ3v) is 4.79. The van der Waals surface area contributed by atoms with Gasteiger partial charge < -0.3 is 15.2 Å². The summed E-state index contributed by atoms with van der Waals surface area (Å²) in [4.78, 5) is 0. The van der Waals surface area contributed by atoms with Crippen LogP contribution in [0.25, 0.3) is 0 Å². The molecule has 2 aliphatic rings. The van der Waals surface area contributed by atoms with Crippen LogP contribution in [-0.4, -0.2) is 35.5 Å². The summed E-state index contributed by atoms with van der Waals surface area (Å²) in [6, 6.07) is 0. The Hall–Kier alpha value is -0.120. The fourth-order valence-electron chi connectivity index (χ4n) is 3.26. The summed E-state index contributed by atoms with van der Waals surface area (Å²) in [6.45, 7) is 7.78. The van der Waals surface area contributed by atoms with Crippen LogP contribution in [0.2, 0.25) is 0 Å². The van der Waals surface area contributed by atoms with Crippen LogP contribution >= 0.6 is 0 Å². The van der Waals surface area contributed by atoms with Gasteiger partial charge >= 0.3 is 0 Å². The molecule has 1 aliphatic carbocycles. The van der Waals surface area contributed by atoms with Gasteiger partial charge in [-0.1, -0.05) is 6.92 Å². The zero-order valence-corrected chi connectivity index (χ0v) is 12.2. The van der Waals surface area contributed by atoms with Gasteiger partial charge in [-0.05, 0) is 58.3 Å². The summed E-state index contributed by atoms with van der Waals surface area (Å²) >= 11 is 0. The number of ether oxygens (including phenoxy) is 1. The van der Waals surface area contributed by atoms with E-state index in [1.54, 1.807) is 0 Å². The molecule has 106 valence electrons. The molecule has 0 aromatic heterocycles. The lowest BCUT2D eigenvalue weighted by molar-refractivity contribution is -0.0209. The Balaban J connectivity index is 1.81. The molecule has 0 spiro atoms. The first-order valence-corrected chi connectivity index (χ1v) is 7.48. The first kappa shape index (κ1) is 14.3. The van der Waals surface area contributed by atoms with E-state index in [0.29, 0.717) is 6.10 Å². The van der Waals surface area contributed by atoms with Crippen LogP contribution in [0.1, 0.15) is 59.3 Å². The molecule has 1 heterocycles. The minimum atomic E-state index is -0.0391. The van der Waals surface area contributed by atoms with Crippen molar-refractivity contribution in [3.05, 3.63) is 0 Å². The Morgan fingerprint density at radius 1 is 1.17 bits per heavy atom. The highest BCUT2D eigenvalue weighted by Crippen LogP contribution is 2.33. The largest absolute Gasteiger partial charge is 0.394 e. The second-order valence-electron chi connectivity index (χ2n) is 7.04. The maximum Gasteiger partial charge on any atom is 0.0708 e. The number of nitrogens with one attached hydrogen (secondary N) is 1. The van der Waals surface area contributed by atoms with E-state index < -0.39 is 0 Å². The van der Waals surface area contributed by atoms with E-state index in [0.717, 1.165) is 38.1 Å². The average molecular weight is 255 g/mol. The molecular weight excluding hydrogens is 226 g/mol. The van der Waals surface area contributed by atoms with E-state index in [4.69, 9.17) is 4.74 Å². The first-order valence-electron chi connectivity index (χ1n) is 7.48. The molecule has 1 aliphatic heterocycles. The van der Waals surface area contributed by atoms with Crippen molar-refractivity contribution in [3.8, 4) is 0 Å². The Morgan fingerprint density at radius 2 is 1.83 bits per heavy atom. The molecule has 0 bridgehead atoms. The standard InChI is InChI=1S/C15H29NO2/c1-12-4-8-15(11-17,9-5-12)16-10-13-6-7-14(2,3)18-13/h12-13,16-17H,4-11H2,1-3H3. The number of hydrogen-bond acceptors (Lipinski definition) is 3. The molecule has 3 nitrogen and oxygen atoms in total. The molecule has 1 saturated carbocycles. The smallest absolute Gasteiger partial charge is 0.0708 e. The summed E-state index contributed by atoms with van der Waals surface area (Å²) in [5.74, 6) is 0.813. The van der Waals surface area contributed by atoms with E-state index in [1.807, 2.05) is 0 Å². The fraction of sp³-hybridized carbons (Fsp3) is 1.00. The second kappa shape index (κ2) is 5.48. The molecule has 1 unspecified atom stereocenters. The Kier molecular flexibility index (Phi) is 4.35. The molecule has 0 amide bonds. The van der Waals surface area contributed by atoms with Gasteiger partial charge in [-0.25, -0.2) is 0 Å². The fourth-order valence-corrected chi connectivity index (χ4v) is 3.26. The normalized spacial score (nSPS) is 40.0. The van der Waals surface area contributed by atoms with Gasteiger partial charge in [0, 0.05) is 12.1 Å². The monoisotopic (exact) mass is 255 g/mol. The molecule has 3 heteroatoms. The summed E-state index contributed by atoms with van der Waals surface area (Å²) in [5.41, 5.74) is 0.00239. The lowest BCUT2D eigenvalue weighted by atomic mass is 9.77. The van der Waals surface area contributed by atoms with E-state index in [9.17, 15) is 5.11 Å². The van der Waals surface area contributed by atoms with Gasteiger partial charge in [-0.3, -0.25) is 0 Å². The van der Waals surface area contributed by atoms with Crippen molar-refractivity contribution in [1.82, 2.24) is 5.32 Å². The lowest BCUT2D eigenvalue weighted by Gasteiger charge is -2.39. The van der Waals surface area contributed by atoms with Gasteiger partial charge in [0.2, 0.25) is 0 Å². The predicted molar refractivity (Wildman–Crippen MR) is 73.6 cm³/mol. The molecule has 0 aromatic rings. The molecule has 18 heavy (non-hydrogen) atoms. The van der Waals surface area contributed by atoms with Crippen molar-refractivity contribution < 1.29 is 9.84 Å². The van der Waals surface area contributed by atoms with Gasteiger partial charge in [-0.15, -0.1) is 0 Å². The molecule has 2 rings (SSSR count). The van der Waals surface area contributed by atoms with Crippen molar-refractivity contribution in [3.63, 3.8) is 0 Å². The minimum Gasteiger partial charge on any atom is -0.394 e. The van der Waals surface area contributed by atoms with Gasteiger partial charge in [-0.2, -0.15) is 0 Å². The molecule has 2 N–H and O–H groups in total. The SMILES string of the molecule is CC1CCC(CO)(NCC2CCC(C)(C)O2)CC1. The lowest BCUT2D eigenvalue weighted by Crippen LogP contribution is -2.53. The summed E-state index contributed by atoms with van der Waals surface area (Å²) in [7, 11) is 0. The molecule has 1 saturated heterocycles. The highest BCUT2D eigenvalue weighted by Gasteiger charge is 2.36. The van der Waals surface area contributed by atoms with Crippen LogP contribution in [-0.2, 0) is 4.74 Å². The highest BCUT2D eigenvalue weighted by molar-refractivity contribution is 4.93. The van der Waals surface area contributed by atoms with Crippen molar-refractivity contribution in [1.29, 1.82) is 0 Å². The van der Waals surface area contributed by atoms with Crippen LogP contribution in [0.5, 0.6) is 0 Å². The molecule has 0 aromatic carbocycles. The van der Waals surface area contributed by atoms with E-state index >= 15 is 0 Å². The van der Waals surface area contributed by atoms with Crippen molar-refractivity contribution in [2.75, 3.05) is 13.2 Å². The Morgan fingerprint density at radius 3 is 2.33 bits per heavy atom. The van der Waals surface area contributed by atoms with Crippen LogP contribution in [0.4, 0.5) is 0 Å². The van der Waals surface area contributed by atoms with Gasteiger partial charge in [0.1, 0.15) is 0 Å². The van der Waals surface area contributed by atoms with Crippen LogP contribution < -0.4 is 5.32 Å². The van der Waals surface area contributed by atoms with Crippen LogP contribution in [0.3, 0.4) is 0 Å². The number of aliphatic hydroxyl groups is 1. The first-order chi connectivity index (χ1) is 8.45. The van der Waals surface area contributed by atoms with Crippen LogP contribution in [0, 0.1) is 5.92 Å². The number of rotatable bonds is 4. The molecule has 0 radical (unpaired) electrons. The average Bonchev–Trinajstić information content (AvgIpc) is 2.69. The molecule has 2 fully saturated rings. The number of aliphatic hydroxyl groups excluding tert-OH is 1. The summed E-state index contributed by atoms with van der Waals surface area (Å²) < 4.78 is 6.01. The van der Waals surface area contributed by atoms with Gasteiger partial charge in [0.05, 0.1) is 18.3 Å². The van der Waals surface area contributed by atoms with E-state index in [1.165, 1.54) is 12.8 Å². The van der Waals surface area contributed by atoms with Gasteiger partial charge in [0.15, 0.2) is 0 Å².